The van der Waals surface area contributed by atoms with Crippen molar-refractivity contribution < 1.29 is 19.1 Å². The van der Waals surface area contributed by atoms with Gasteiger partial charge in [-0.3, -0.25) is 0 Å². The summed E-state index contributed by atoms with van der Waals surface area (Å²) < 4.78 is 10.1. The quantitative estimate of drug-likeness (QED) is 0.862. The van der Waals surface area contributed by atoms with Gasteiger partial charge in [0.1, 0.15) is 5.56 Å². The Bertz CT molecular complexity index is 400. The molecule has 5 nitrogen and oxygen atoms in total. The molecule has 0 saturated heterocycles. The highest BCUT2D eigenvalue weighted by Crippen LogP contribution is 2.21. The van der Waals surface area contributed by atoms with Gasteiger partial charge in [0.15, 0.2) is 0 Å². The Morgan fingerprint density at radius 1 is 1.25 bits per heavy atom. The van der Waals surface area contributed by atoms with Gasteiger partial charge in [0.05, 0.1) is 23.4 Å². The largest absolute Gasteiger partial charge is 0.462 e. The van der Waals surface area contributed by atoms with E-state index < -0.39 is 11.9 Å². The van der Waals surface area contributed by atoms with Crippen LogP contribution in [0.25, 0.3) is 0 Å². The topological polar surface area (TPSA) is 68.4 Å². The maximum Gasteiger partial charge on any atom is 0.341 e. The van der Waals surface area contributed by atoms with E-state index in [2.05, 4.69) is 20.9 Å². The second-order valence-corrected chi connectivity index (χ2v) is 3.63. The first kappa shape index (κ1) is 12.8. The summed E-state index contributed by atoms with van der Waals surface area (Å²) >= 11 is 3.14. The molecule has 1 aromatic heterocycles. The van der Waals surface area contributed by atoms with Crippen molar-refractivity contribution in [3.05, 3.63) is 21.9 Å². The zero-order valence-corrected chi connectivity index (χ0v) is 10.6. The molecular formula is C10H12BrNO4. The zero-order valence-electron chi connectivity index (χ0n) is 9.00. The lowest BCUT2D eigenvalue weighted by atomic mass is 10.2. The van der Waals surface area contributed by atoms with Gasteiger partial charge in [-0.2, -0.15) is 0 Å². The van der Waals surface area contributed by atoms with E-state index in [9.17, 15) is 9.59 Å². The van der Waals surface area contributed by atoms with E-state index in [0.29, 0.717) is 4.60 Å². The third kappa shape index (κ3) is 2.63. The summed E-state index contributed by atoms with van der Waals surface area (Å²) in [5.74, 6) is -1.11. The average molecular weight is 290 g/mol. The second-order valence-electron chi connectivity index (χ2n) is 2.83. The second kappa shape index (κ2) is 5.69. The minimum absolute atomic E-state index is 0.167. The van der Waals surface area contributed by atoms with Gasteiger partial charge < -0.3 is 14.5 Å². The summed E-state index contributed by atoms with van der Waals surface area (Å²) in [7, 11) is 0. The molecule has 0 aliphatic heterocycles. The van der Waals surface area contributed by atoms with Crippen molar-refractivity contribution in [2.75, 3.05) is 13.2 Å². The Morgan fingerprint density at radius 2 is 1.81 bits per heavy atom. The molecule has 1 N–H and O–H groups in total. The lowest BCUT2D eigenvalue weighted by Gasteiger charge is -2.04. The van der Waals surface area contributed by atoms with Crippen LogP contribution in [-0.4, -0.2) is 30.1 Å². The molecule has 0 atom stereocenters. The van der Waals surface area contributed by atoms with Crippen LogP contribution in [0.15, 0.2) is 10.8 Å². The number of carbonyl (C=O) groups excluding carboxylic acids is 2. The minimum atomic E-state index is -0.557. The highest BCUT2D eigenvalue weighted by molar-refractivity contribution is 9.10. The Hall–Kier alpha value is -1.30. The van der Waals surface area contributed by atoms with Gasteiger partial charge in [-0.25, -0.2) is 9.59 Å². The van der Waals surface area contributed by atoms with Crippen LogP contribution < -0.4 is 0 Å². The SMILES string of the molecule is CCOC(=O)c1c[nH]c(Br)c1C(=O)OCC. The Labute approximate surface area is 101 Å². The third-order valence-corrected chi connectivity index (χ3v) is 2.43. The number of hydrogen-bond acceptors (Lipinski definition) is 4. The van der Waals surface area contributed by atoms with Gasteiger partial charge in [0.2, 0.25) is 0 Å². The van der Waals surface area contributed by atoms with Gasteiger partial charge in [-0.1, -0.05) is 0 Å². The molecule has 1 heterocycles. The van der Waals surface area contributed by atoms with Gasteiger partial charge in [0, 0.05) is 6.20 Å². The standard InChI is InChI=1S/C10H12BrNO4/c1-3-15-9(13)6-5-12-8(11)7(6)10(14)16-4-2/h5,12H,3-4H2,1-2H3. The Morgan fingerprint density at radius 3 is 2.38 bits per heavy atom. The van der Waals surface area contributed by atoms with Crippen LogP contribution in [0, 0.1) is 0 Å². The molecule has 6 heteroatoms. The Kier molecular flexibility index (Phi) is 4.54. The molecule has 0 radical (unpaired) electrons. The molecule has 0 spiro atoms. The summed E-state index contributed by atoms with van der Waals surface area (Å²) in [6.45, 7) is 3.90. The monoisotopic (exact) mass is 289 g/mol. The summed E-state index contributed by atoms with van der Waals surface area (Å²) in [4.78, 5) is 25.8. The number of hydrogen-bond donors (Lipinski definition) is 1. The average Bonchev–Trinajstić information content (AvgIpc) is 2.61. The summed E-state index contributed by atoms with van der Waals surface area (Å²) in [5.41, 5.74) is 0.340. The molecule has 0 aromatic carbocycles. The molecule has 0 amide bonds. The number of nitrogens with one attached hydrogen (secondary N) is 1. The molecule has 0 fully saturated rings. The lowest BCUT2D eigenvalue weighted by Crippen LogP contribution is -2.12. The van der Waals surface area contributed by atoms with Crippen LogP contribution in [0.3, 0.4) is 0 Å². The van der Waals surface area contributed by atoms with E-state index in [-0.39, 0.29) is 24.3 Å². The van der Waals surface area contributed by atoms with E-state index in [4.69, 9.17) is 9.47 Å². The van der Waals surface area contributed by atoms with Crippen LogP contribution in [0.2, 0.25) is 0 Å². The van der Waals surface area contributed by atoms with Gasteiger partial charge in [-0.15, -0.1) is 0 Å². The van der Waals surface area contributed by atoms with Crippen LogP contribution in [0.4, 0.5) is 0 Å². The first-order chi connectivity index (χ1) is 7.61. The molecule has 0 aliphatic carbocycles. The molecule has 16 heavy (non-hydrogen) atoms. The smallest absolute Gasteiger partial charge is 0.341 e. The number of aromatic nitrogens is 1. The highest BCUT2D eigenvalue weighted by atomic mass is 79.9. The number of rotatable bonds is 4. The number of H-pyrrole nitrogens is 1. The van der Waals surface area contributed by atoms with Gasteiger partial charge >= 0.3 is 11.9 Å². The molecule has 0 saturated carbocycles. The van der Waals surface area contributed by atoms with E-state index in [1.54, 1.807) is 13.8 Å². The summed E-state index contributed by atoms with van der Waals surface area (Å²) in [6, 6.07) is 0. The van der Waals surface area contributed by atoms with Crippen molar-refractivity contribution in [1.82, 2.24) is 4.98 Å². The lowest BCUT2D eigenvalue weighted by molar-refractivity contribution is 0.0479. The van der Waals surface area contributed by atoms with Crippen LogP contribution in [0.1, 0.15) is 34.6 Å². The predicted molar refractivity (Wildman–Crippen MR) is 60.4 cm³/mol. The molecule has 88 valence electrons. The normalized spacial score (nSPS) is 9.94. The van der Waals surface area contributed by atoms with Crippen molar-refractivity contribution >= 4 is 27.9 Å². The first-order valence-electron chi connectivity index (χ1n) is 4.82. The highest BCUT2D eigenvalue weighted by Gasteiger charge is 2.23. The van der Waals surface area contributed by atoms with Crippen LogP contribution in [-0.2, 0) is 9.47 Å². The summed E-state index contributed by atoms with van der Waals surface area (Å²) in [5, 5.41) is 0. The fourth-order valence-corrected chi connectivity index (χ4v) is 1.66. The Balaban J connectivity index is 3.02. The molecule has 0 bridgehead atoms. The summed E-state index contributed by atoms with van der Waals surface area (Å²) in [6.07, 6.45) is 1.41. The molecule has 0 unspecified atom stereocenters. The molecule has 1 aromatic rings. The fourth-order valence-electron chi connectivity index (χ4n) is 1.17. The van der Waals surface area contributed by atoms with Gasteiger partial charge in [-0.05, 0) is 29.8 Å². The molecular weight excluding hydrogens is 278 g/mol. The third-order valence-electron chi connectivity index (χ3n) is 1.81. The van der Waals surface area contributed by atoms with E-state index >= 15 is 0 Å². The van der Waals surface area contributed by atoms with Crippen molar-refractivity contribution in [3.8, 4) is 0 Å². The molecule has 0 aliphatic rings. The number of carbonyl (C=O) groups is 2. The molecule has 1 rings (SSSR count). The van der Waals surface area contributed by atoms with Crippen molar-refractivity contribution in [2.24, 2.45) is 0 Å². The minimum Gasteiger partial charge on any atom is -0.462 e. The van der Waals surface area contributed by atoms with E-state index in [1.807, 2.05) is 0 Å². The zero-order chi connectivity index (χ0) is 12.1. The number of aromatic amines is 1. The van der Waals surface area contributed by atoms with Crippen LogP contribution >= 0.6 is 15.9 Å². The maximum atomic E-state index is 11.6. The van der Waals surface area contributed by atoms with E-state index in [1.165, 1.54) is 6.20 Å². The van der Waals surface area contributed by atoms with Crippen molar-refractivity contribution in [1.29, 1.82) is 0 Å². The number of ether oxygens (including phenoxy) is 2. The number of halogens is 1. The first-order valence-corrected chi connectivity index (χ1v) is 5.62. The number of esters is 2. The van der Waals surface area contributed by atoms with E-state index in [0.717, 1.165) is 0 Å². The predicted octanol–water partition coefficient (Wildman–Crippen LogP) is 2.13. The fraction of sp³-hybridized carbons (Fsp3) is 0.400. The maximum absolute atomic E-state index is 11.6. The van der Waals surface area contributed by atoms with Crippen LogP contribution in [0.5, 0.6) is 0 Å². The van der Waals surface area contributed by atoms with Crippen molar-refractivity contribution in [2.45, 2.75) is 13.8 Å². The van der Waals surface area contributed by atoms with Gasteiger partial charge in [0.25, 0.3) is 0 Å². The van der Waals surface area contributed by atoms with Crippen molar-refractivity contribution in [3.63, 3.8) is 0 Å².